The molecule has 0 rings (SSSR count). The van der Waals surface area contributed by atoms with Gasteiger partial charge in [-0.2, -0.15) is 0 Å². The van der Waals surface area contributed by atoms with Gasteiger partial charge in [-0.1, -0.05) is 20.4 Å². The maximum atomic E-state index is 12.6. The van der Waals surface area contributed by atoms with Crippen molar-refractivity contribution in [2.45, 2.75) is 59.1 Å². The molecule has 148 valence electrons. The molecule has 8 heteroatoms. The van der Waals surface area contributed by atoms with Gasteiger partial charge >= 0.3 is 11.9 Å². The van der Waals surface area contributed by atoms with Crippen molar-refractivity contribution in [3.05, 3.63) is 12.2 Å². The maximum absolute atomic E-state index is 12.6. The fraction of sp³-hybridized carbons (Fsp3) is 0.667. The highest BCUT2D eigenvalue weighted by molar-refractivity contribution is 5.97. The van der Waals surface area contributed by atoms with E-state index in [4.69, 9.17) is 9.84 Å². The predicted molar refractivity (Wildman–Crippen MR) is 96.2 cm³/mol. The standard InChI is InChI=1S/C18H30N2O6/c1-10(2)8-12(11(3)17(24)25)15(22)20-13(16(23)19-7)9-14(21)26-18(4,5)6/h10,12-13H,3,8-9H2,1-2,4-7H3,(H,19,23)(H,20,22)(H,24,25)/t12-,13+/m1/s1. The largest absolute Gasteiger partial charge is 0.478 e. The van der Waals surface area contributed by atoms with E-state index in [0.717, 1.165) is 0 Å². The van der Waals surface area contributed by atoms with E-state index in [1.165, 1.54) is 7.05 Å². The number of rotatable bonds is 9. The van der Waals surface area contributed by atoms with Crippen LogP contribution in [0.25, 0.3) is 0 Å². The molecule has 0 unspecified atom stereocenters. The Hall–Kier alpha value is -2.38. The normalized spacial score (nSPS) is 13.5. The zero-order valence-electron chi connectivity index (χ0n) is 16.3. The number of hydrogen-bond donors (Lipinski definition) is 3. The molecule has 0 aromatic carbocycles. The smallest absolute Gasteiger partial charge is 0.331 e. The van der Waals surface area contributed by atoms with E-state index in [1.54, 1.807) is 20.8 Å². The highest BCUT2D eigenvalue weighted by Crippen LogP contribution is 2.20. The lowest BCUT2D eigenvalue weighted by atomic mass is 9.89. The molecule has 0 heterocycles. The first kappa shape index (κ1) is 23.6. The van der Waals surface area contributed by atoms with Gasteiger partial charge in [-0.3, -0.25) is 14.4 Å². The monoisotopic (exact) mass is 370 g/mol. The number of amides is 2. The van der Waals surface area contributed by atoms with Crippen molar-refractivity contribution in [3.63, 3.8) is 0 Å². The van der Waals surface area contributed by atoms with Crippen molar-refractivity contribution < 1.29 is 29.0 Å². The summed E-state index contributed by atoms with van der Waals surface area (Å²) < 4.78 is 5.17. The van der Waals surface area contributed by atoms with Crippen LogP contribution in [-0.4, -0.2) is 47.6 Å². The van der Waals surface area contributed by atoms with E-state index in [1.807, 2.05) is 13.8 Å². The second-order valence-electron chi connectivity index (χ2n) is 7.48. The van der Waals surface area contributed by atoms with Gasteiger partial charge in [0.2, 0.25) is 11.8 Å². The second-order valence-corrected chi connectivity index (χ2v) is 7.48. The number of carboxylic acid groups (broad SMARTS) is 1. The summed E-state index contributed by atoms with van der Waals surface area (Å²) in [4.78, 5) is 47.8. The van der Waals surface area contributed by atoms with Gasteiger partial charge in [0.1, 0.15) is 11.6 Å². The average molecular weight is 370 g/mol. The SMILES string of the molecule is C=C(C(=O)O)[C@@H](CC(C)C)C(=O)N[C@@H](CC(=O)OC(C)(C)C)C(=O)NC. The van der Waals surface area contributed by atoms with Crippen LogP contribution in [0.4, 0.5) is 0 Å². The van der Waals surface area contributed by atoms with Gasteiger partial charge in [-0.05, 0) is 33.1 Å². The summed E-state index contributed by atoms with van der Waals surface area (Å²) in [6.07, 6.45) is -0.111. The number of carbonyl (C=O) groups excluding carboxylic acids is 3. The van der Waals surface area contributed by atoms with Crippen LogP contribution in [0, 0.1) is 11.8 Å². The van der Waals surface area contributed by atoms with E-state index in [-0.39, 0.29) is 24.3 Å². The van der Waals surface area contributed by atoms with Crippen molar-refractivity contribution >= 4 is 23.8 Å². The Morgan fingerprint density at radius 1 is 1.12 bits per heavy atom. The quantitative estimate of drug-likeness (QED) is 0.415. The molecule has 8 nitrogen and oxygen atoms in total. The molecule has 0 fully saturated rings. The van der Waals surface area contributed by atoms with Crippen molar-refractivity contribution in [2.75, 3.05) is 7.05 Å². The average Bonchev–Trinajstić information content (AvgIpc) is 2.48. The fourth-order valence-electron chi connectivity index (χ4n) is 2.23. The van der Waals surface area contributed by atoms with Crippen molar-refractivity contribution in [1.29, 1.82) is 0 Å². The Morgan fingerprint density at radius 2 is 1.65 bits per heavy atom. The Bertz CT molecular complexity index is 563. The van der Waals surface area contributed by atoms with Gasteiger partial charge in [0.05, 0.1) is 12.3 Å². The van der Waals surface area contributed by atoms with Gasteiger partial charge in [-0.25, -0.2) is 4.79 Å². The molecule has 0 saturated heterocycles. The lowest BCUT2D eigenvalue weighted by molar-refractivity contribution is -0.156. The van der Waals surface area contributed by atoms with Crippen LogP contribution < -0.4 is 10.6 Å². The lowest BCUT2D eigenvalue weighted by Gasteiger charge is -2.24. The summed E-state index contributed by atoms with van der Waals surface area (Å²) in [5, 5.41) is 14.0. The zero-order valence-corrected chi connectivity index (χ0v) is 16.3. The molecule has 2 atom stereocenters. The van der Waals surface area contributed by atoms with Crippen LogP contribution in [-0.2, 0) is 23.9 Å². The first-order chi connectivity index (χ1) is 11.8. The molecule has 3 N–H and O–H groups in total. The summed E-state index contributed by atoms with van der Waals surface area (Å²) in [7, 11) is 1.37. The topological polar surface area (TPSA) is 122 Å². The van der Waals surface area contributed by atoms with Crippen LogP contribution in [0.2, 0.25) is 0 Å². The minimum atomic E-state index is -1.28. The third-order valence-corrected chi connectivity index (χ3v) is 3.39. The molecule has 0 radical (unpaired) electrons. The Kier molecular flexibility index (Phi) is 9.03. The van der Waals surface area contributed by atoms with Gasteiger partial charge in [0.15, 0.2) is 0 Å². The molecule has 26 heavy (non-hydrogen) atoms. The number of ether oxygens (including phenoxy) is 1. The van der Waals surface area contributed by atoms with Crippen LogP contribution in [0.3, 0.4) is 0 Å². The van der Waals surface area contributed by atoms with Gasteiger partial charge in [-0.15, -0.1) is 0 Å². The Morgan fingerprint density at radius 3 is 2.04 bits per heavy atom. The highest BCUT2D eigenvalue weighted by atomic mass is 16.6. The van der Waals surface area contributed by atoms with Crippen LogP contribution >= 0.6 is 0 Å². The molecule has 0 aliphatic carbocycles. The molecular weight excluding hydrogens is 340 g/mol. The Labute approximate surface area is 154 Å². The number of aliphatic carboxylic acids is 1. The third-order valence-electron chi connectivity index (χ3n) is 3.39. The molecule has 0 bridgehead atoms. The first-order valence-electron chi connectivity index (χ1n) is 8.44. The Balaban J connectivity index is 5.31. The van der Waals surface area contributed by atoms with E-state index in [0.29, 0.717) is 0 Å². The van der Waals surface area contributed by atoms with Gasteiger partial charge < -0.3 is 20.5 Å². The van der Waals surface area contributed by atoms with Crippen molar-refractivity contribution in [3.8, 4) is 0 Å². The number of esters is 1. The molecule has 0 spiro atoms. The summed E-state index contributed by atoms with van der Waals surface area (Å²) in [5.74, 6) is -4.14. The molecule has 0 saturated carbocycles. The predicted octanol–water partition coefficient (Wildman–Crippen LogP) is 1.25. The molecule has 0 aromatic heterocycles. The first-order valence-corrected chi connectivity index (χ1v) is 8.44. The second kappa shape index (κ2) is 9.94. The number of nitrogens with one attached hydrogen (secondary N) is 2. The van der Waals surface area contributed by atoms with Crippen molar-refractivity contribution in [1.82, 2.24) is 10.6 Å². The minimum absolute atomic E-state index is 0.0335. The number of hydrogen-bond acceptors (Lipinski definition) is 5. The zero-order chi connectivity index (χ0) is 20.7. The number of carboxylic acids is 1. The summed E-state index contributed by atoms with van der Waals surface area (Å²) in [5.41, 5.74) is -0.990. The summed E-state index contributed by atoms with van der Waals surface area (Å²) in [6, 6.07) is -1.17. The third kappa shape index (κ3) is 8.64. The maximum Gasteiger partial charge on any atom is 0.331 e. The highest BCUT2D eigenvalue weighted by Gasteiger charge is 2.32. The summed E-state index contributed by atoms with van der Waals surface area (Å²) >= 11 is 0. The van der Waals surface area contributed by atoms with Crippen LogP contribution in [0.5, 0.6) is 0 Å². The minimum Gasteiger partial charge on any atom is -0.478 e. The van der Waals surface area contributed by atoms with E-state index < -0.39 is 41.3 Å². The van der Waals surface area contributed by atoms with E-state index >= 15 is 0 Å². The van der Waals surface area contributed by atoms with E-state index in [9.17, 15) is 19.2 Å². The van der Waals surface area contributed by atoms with E-state index in [2.05, 4.69) is 17.2 Å². The molecule has 0 aliphatic rings. The van der Waals surface area contributed by atoms with Crippen LogP contribution in [0.15, 0.2) is 12.2 Å². The van der Waals surface area contributed by atoms with Crippen molar-refractivity contribution in [2.24, 2.45) is 11.8 Å². The van der Waals surface area contributed by atoms with Crippen LogP contribution in [0.1, 0.15) is 47.5 Å². The van der Waals surface area contributed by atoms with Gasteiger partial charge in [0, 0.05) is 12.6 Å². The summed E-state index contributed by atoms with van der Waals surface area (Å²) in [6.45, 7) is 12.2. The lowest BCUT2D eigenvalue weighted by Crippen LogP contribution is -2.49. The molecule has 0 aromatic rings. The molecular formula is C18H30N2O6. The van der Waals surface area contributed by atoms with Gasteiger partial charge in [0.25, 0.3) is 0 Å². The number of carbonyl (C=O) groups is 4. The fourth-order valence-corrected chi connectivity index (χ4v) is 2.23. The number of likely N-dealkylation sites (N-methyl/N-ethyl adjacent to an activating group) is 1. The molecule has 2 amide bonds. The molecule has 0 aliphatic heterocycles.